The Hall–Kier alpha value is -3.22. The molecule has 2 aromatic carbocycles. The maximum Gasteiger partial charge on any atom is 0.350 e. The number of hydrogen-bond acceptors (Lipinski definition) is 6. The lowest BCUT2D eigenvalue weighted by Crippen LogP contribution is -2.13. The van der Waals surface area contributed by atoms with Crippen LogP contribution in [0.15, 0.2) is 48.5 Å². The number of esters is 2. The number of benzene rings is 2. The van der Waals surface area contributed by atoms with Gasteiger partial charge in [-0.2, -0.15) is 0 Å². The molecule has 0 radical (unpaired) electrons. The minimum atomic E-state index is -0.878. The van der Waals surface area contributed by atoms with Crippen molar-refractivity contribution in [2.24, 2.45) is 0 Å². The van der Waals surface area contributed by atoms with Crippen LogP contribution in [0.3, 0.4) is 0 Å². The Morgan fingerprint density at radius 3 is 2.42 bits per heavy atom. The van der Waals surface area contributed by atoms with Crippen molar-refractivity contribution in [3.63, 3.8) is 0 Å². The molecule has 7 nitrogen and oxygen atoms in total. The first kappa shape index (κ1) is 17.1. The number of nitrogens with zero attached hydrogens (tertiary/aromatic N) is 1. The largest absolute Gasteiger partial charge is 0.459 e. The summed E-state index contributed by atoms with van der Waals surface area (Å²) in [6, 6.07) is 11.3. The summed E-state index contributed by atoms with van der Waals surface area (Å²) in [5.74, 6) is -1.33. The van der Waals surface area contributed by atoms with E-state index in [1.807, 2.05) is 0 Å². The number of carbonyl (C=O) groups excluding carboxylic acids is 2. The van der Waals surface area contributed by atoms with Crippen LogP contribution in [-0.4, -0.2) is 23.0 Å². The first-order chi connectivity index (χ1) is 11.4. The second-order valence-corrected chi connectivity index (χ2v) is 5.15. The molecule has 2 aromatic rings. The molecule has 0 spiro atoms. The van der Waals surface area contributed by atoms with E-state index in [9.17, 15) is 19.7 Å². The average Bonchev–Trinajstić information content (AvgIpc) is 2.54. The zero-order chi connectivity index (χ0) is 17.7. The van der Waals surface area contributed by atoms with Gasteiger partial charge in [0.25, 0.3) is 5.69 Å². The van der Waals surface area contributed by atoms with E-state index < -0.39 is 16.9 Å². The first-order valence-corrected chi connectivity index (χ1v) is 7.15. The summed E-state index contributed by atoms with van der Waals surface area (Å²) in [4.78, 5) is 34.3. The molecule has 124 valence electrons. The molecular formula is C17H15NO6. The quantitative estimate of drug-likeness (QED) is 0.361. The molecule has 0 amide bonds. The van der Waals surface area contributed by atoms with Gasteiger partial charge in [0.2, 0.25) is 0 Å². The predicted octanol–water partition coefficient (Wildman–Crippen LogP) is 3.38. The number of carbonyl (C=O) groups is 2. The van der Waals surface area contributed by atoms with Crippen molar-refractivity contribution in [2.45, 2.75) is 20.0 Å². The van der Waals surface area contributed by atoms with E-state index in [-0.39, 0.29) is 28.7 Å². The maximum atomic E-state index is 12.2. The normalized spacial score (nSPS) is 10.3. The Labute approximate surface area is 138 Å². The van der Waals surface area contributed by atoms with Crippen molar-refractivity contribution in [1.29, 1.82) is 0 Å². The van der Waals surface area contributed by atoms with E-state index in [1.54, 1.807) is 13.8 Å². The van der Waals surface area contributed by atoms with Crippen LogP contribution in [-0.2, 0) is 4.74 Å². The molecule has 2 rings (SSSR count). The number of para-hydroxylation sites is 1. The maximum absolute atomic E-state index is 12.2. The van der Waals surface area contributed by atoms with E-state index in [4.69, 9.17) is 9.47 Å². The standard InChI is InChI=1S/C17H15NO6/c1-11(2)23-16(19)12-6-5-7-13(10-12)24-17(20)14-8-3-4-9-15(14)18(21)22/h3-11H,1-2H3. The van der Waals surface area contributed by atoms with Gasteiger partial charge in [-0.05, 0) is 38.1 Å². The van der Waals surface area contributed by atoms with Crippen LogP contribution in [0.5, 0.6) is 5.75 Å². The van der Waals surface area contributed by atoms with Crippen molar-refractivity contribution in [1.82, 2.24) is 0 Å². The molecular weight excluding hydrogens is 314 g/mol. The zero-order valence-corrected chi connectivity index (χ0v) is 13.1. The van der Waals surface area contributed by atoms with Gasteiger partial charge in [-0.25, -0.2) is 9.59 Å². The number of ether oxygens (including phenoxy) is 2. The lowest BCUT2D eigenvalue weighted by molar-refractivity contribution is -0.385. The molecule has 7 heteroatoms. The molecule has 0 heterocycles. The summed E-state index contributed by atoms with van der Waals surface area (Å²) in [6.07, 6.45) is -0.282. The molecule has 0 saturated heterocycles. The van der Waals surface area contributed by atoms with E-state index in [1.165, 1.54) is 48.5 Å². The van der Waals surface area contributed by atoms with Crippen LogP contribution < -0.4 is 4.74 Å². The summed E-state index contributed by atoms with van der Waals surface area (Å²) in [7, 11) is 0. The third-order valence-electron chi connectivity index (χ3n) is 2.94. The number of hydrogen-bond donors (Lipinski definition) is 0. The fourth-order valence-corrected chi connectivity index (χ4v) is 1.94. The van der Waals surface area contributed by atoms with E-state index in [2.05, 4.69) is 0 Å². The Morgan fingerprint density at radius 2 is 1.75 bits per heavy atom. The molecule has 0 fully saturated rings. The minimum absolute atomic E-state index is 0.0938. The van der Waals surface area contributed by atoms with Crippen molar-refractivity contribution in [2.75, 3.05) is 0 Å². The van der Waals surface area contributed by atoms with Crippen LogP contribution in [0.2, 0.25) is 0 Å². The second kappa shape index (κ2) is 7.36. The predicted molar refractivity (Wildman–Crippen MR) is 85.0 cm³/mol. The molecule has 24 heavy (non-hydrogen) atoms. The summed E-state index contributed by atoms with van der Waals surface area (Å²) >= 11 is 0. The molecule has 0 saturated carbocycles. The van der Waals surface area contributed by atoms with Gasteiger partial charge < -0.3 is 9.47 Å². The van der Waals surface area contributed by atoms with Crippen LogP contribution in [0.25, 0.3) is 0 Å². The average molecular weight is 329 g/mol. The van der Waals surface area contributed by atoms with Gasteiger partial charge in [-0.15, -0.1) is 0 Å². The van der Waals surface area contributed by atoms with Crippen molar-refractivity contribution in [3.8, 4) is 5.75 Å². The van der Waals surface area contributed by atoms with E-state index in [0.717, 1.165) is 0 Å². The lowest BCUT2D eigenvalue weighted by atomic mass is 10.2. The van der Waals surface area contributed by atoms with E-state index in [0.29, 0.717) is 0 Å². The Kier molecular flexibility index (Phi) is 5.26. The summed E-state index contributed by atoms with van der Waals surface area (Å²) in [5.41, 5.74) is -0.299. The number of nitro benzene ring substituents is 1. The number of rotatable bonds is 5. The van der Waals surface area contributed by atoms with Crippen molar-refractivity contribution in [3.05, 3.63) is 69.8 Å². The molecule has 0 aliphatic carbocycles. The Morgan fingerprint density at radius 1 is 1.04 bits per heavy atom. The molecule has 0 unspecified atom stereocenters. The Bertz CT molecular complexity index is 784. The summed E-state index contributed by atoms with van der Waals surface area (Å²) < 4.78 is 10.2. The second-order valence-electron chi connectivity index (χ2n) is 5.15. The third kappa shape index (κ3) is 4.16. The molecule has 0 aromatic heterocycles. The highest BCUT2D eigenvalue weighted by molar-refractivity contribution is 5.95. The van der Waals surface area contributed by atoms with E-state index >= 15 is 0 Å². The fraction of sp³-hybridized carbons (Fsp3) is 0.176. The Balaban J connectivity index is 2.21. The van der Waals surface area contributed by atoms with Gasteiger partial charge in [0, 0.05) is 6.07 Å². The van der Waals surface area contributed by atoms with Crippen LogP contribution in [0, 0.1) is 10.1 Å². The third-order valence-corrected chi connectivity index (χ3v) is 2.94. The molecule has 0 aliphatic rings. The van der Waals surface area contributed by atoms with Gasteiger partial charge in [-0.1, -0.05) is 18.2 Å². The highest BCUT2D eigenvalue weighted by atomic mass is 16.6. The van der Waals surface area contributed by atoms with Crippen LogP contribution >= 0.6 is 0 Å². The zero-order valence-electron chi connectivity index (χ0n) is 13.1. The molecule has 0 bridgehead atoms. The smallest absolute Gasteiger partial charge is 0.350 e. The molecule has 0 atom stereocenters. The SMILES string of the molecule is CC(C)OC(=O)c1cccc(OC(=O)c2ccccc2[N+](=O)[O-])c1. The highest BCUT2D eigenvalue weighted by Gasteiger charge is 2.21. The van der Waals surface area contributed by atoms with Crippen LogP contribution in [0.1, 0.15) is 34.6 Å². The topological polar surface area (TPSA) is 95.7 Å². The summed E-state index contributed by atoms with van der Waals surface area (Å²) in [5, 5.41) is 11.0. The van der Waals surface area contributed by atoms with Gasteiger partial charge in [-0.3, -0.25) is 10.1 Å². The number of nitro groups is 1. The first-order valence-electron chi connectivity index (χ1n) is 7.15. The van der Waals surface area contributed by atoms with Gasteiger partial charge in [0.05, 0.1) is 16.6 Å². The van der Waals surface area contributed by atoms with Gasteiger partial charge >= 0.3 is 11.9 Å². The lowest BCUT2D eigenvalue weighted by Gasteiger charge is -2.09. The summed E-state index contributed by atoms with van der Waals surface area (Å²) in [6.45, 7) is 3.44. The van der Waals surface area contributed by atoms with Crippen LogP contribution in [0.4, 0.5) is 5.69 Å². The fourth-order valence-electron chi connectivity index (χ4n) is 1.94. The van der Waals surface area contributed by atoms with Crippen molar-refractivity contribution < 1.29 is 24.0 Å². The monoisotopic (exact) mass is 329 g/mol. The minimum Gasteiger partial charge on any atom is -0.459 e. The highest BCUT2D eigenvalue weighted by Crippen LogP contribution is 2.21. The van der Waals surface area contributed by atoms with Crippen molar-refractivity contribution >= 4 is 17.6 Å². The molecule has 0 aliphatic heterocycles. The molecule has 0 N–H and O–H groups in total. The van der Waals surface area contributed by atoms with Gasteiger partial charge in [0.1, 0.15) is 11.3 Å². The van der Waals surface area contributed by atoms with Gasteiger partial charge in [0.15, 0.2) is 0 Å².